The van der Waals surface area contributed by atoms with Gasteiger partial charge in [-0.15, -0.1) is 0 Å². The van der Waals surface area contributed by atoms with E-state index in [0.29, 0.717) is 6.04 Å². The fraction of sp³-hybridized carbons (Fsp3) is 0.304. The Morgan fingerprint density at radius 1 is 1.11 bits per heavy atom. The van der Waals surface area contributed by atoms with Gasteiger partial charge in [0.25, 0.3) is 0 Å². The number of nitrogens with one attached hydrogen (secondary N) is 1. The number of hydrogen-bond donors (Lipinski definition) is 1. The molecular formula is C23H26N4S. The van der Waals surface area contributed by atoms with Crippen LogP contribution in [0.5, 0.6) is 0 Å². The zero-order valence-corrected chi connectivity index (χ0v) is 17.4. The van der Waals surface area contributed by atoms with Crippen LogP contribution in [-0.4, -0.2) is 14.7 Å². The van der Waals surface area contributed by atoms with Crippen molar-refractivity contribution in [2.75, 3.05) is 4.90 Å². The van der Waals surface area contributed by atoms with Crippen molar-refractivity contribution in [3.63, 3.8) is 0 Å². The van der Waals surface area contributed by atoms with Gasteiger partial charge in [-0.25, -0.2) is 0 Å². The van der Waals surface area contributed by atoms with Crippen LogP contribution in [0, 0.1) is 0 Å². The summed E-state index contributed by atoms with van der Waals surface area (Å²) in [6, 6.07) is 17.4. The largest absolute Gasteiger partial charge is 0.351 e. The van der Waals surface area contributed by atoms with Crippen molar-refractivity contribution in [2.45, 2.75) is 45.3 Å². The molecule has 3 aromatic rings. The Morgan fingerprint density at radius 2 is 1.89 bits per heavy atom. The minimum absolute atomic E-state index is 0.00237. The van der Waals surface area contributed by atoms with Crippen LogP contribution in [0.15, 0.2) is 67.1 Å². The molecule has 0 unspecified atom stereocenters. The maximum absolute atomic E-state index is 5.78. The molecule has 2 aromatic heterocycles. The predicted molar refractivity (Wildman–Crippen MR) is 119 cm³/mol. The first kappa shape index (κ1) is 18.7. The molecule has 28 heavy (non-hydrogen) atoms. The molecule has 0 amide bonds. The molecule has 0 radical (unpaired) electrons. The predicted octanol–water partition coefficient (Wildman–Crippen LogP) is 5.20. The van der Waals surface area contributed by atoms with E-state index in [4.69, 9.17) is 12.2 Å². The van der Waals surface area contributed by atoms with Crippen LogP contribution in [-0.2, 0) is 6.42 Å². The number of pyridine rings is 1. The van der Waals surface area contributed by atoms with Crippen LogP contribution in [0.3, 0.4) is 0 Å². The smallest absolute Gasteiger partial charge is 0.174 e. The van der Waals surface area contributed by atoms with E-state index in [1.54, 1.807) is 0 Å². The maximum Gasteiger partial charge on any atom is 0.174 e. The molecule has 1 aromatic carbocycles. The third-order valence-electron chi connectivity index (χ3n) is 5.40. The highest BCUT2D eigenvalue weighted by Crippen LogP contribution is 2.41. The van der Waals surface area contributed by atoms with E-state index in [1.165, 1.54) is 11.1 Å². The summed E-state index contributed by atoms with van der Waals surface area (Å²) in [5, 5.41) is 4.26. The Morgan fingerprint density at radius 3 is 2.50 bits per heavy atom. The van der Waals surface area contributed by atoms with Crippen molar-refractivity contribution >= 4 is 23.0 Å². The van der Waals surface area contributed by atoms with E-state index in [2.05, 4.69) is 89.3 Å². The zero-order valence-electron chi connectivity index (χ0n) is 16.5. The number of thiocarbonyl (C=S) groups is 1. The quantitative estimate of drug-likeness (QED) is 0.607. The number of nitrogens with zero attached hydrogens (tertiary/aromatic N) is 3. The van der Waals surface area contributed by atoms with E-state index in [9.17, 15) is 0 Å². The Bertz CT molecular complexity index is 946. The molecule has 3 heterocycles. The van der Waals surface area contributed by atoms with Gasteiger partial charge in [-0.2, -0.15) is 0 Å². The topological polar surface area (TPSA) is 33.1 Å². The molecule has 1 N–H and O–H groups in total. The number of rotatable bonds is 5. The molecule has 4 rings (SSSR count). The second kappa shape index (κ2) is 7.76. The molecule has 144 valence electrons. The minimum atomic E-state index is 0.00237. The highest BCUT2D eigenvalue weighted by molar-refractivity contribution is 7.80. The molecule has 2 atom stereocenters. The standard InChI is InChI=1S/C23H26N4S/c1-4-17-8-10-19(11-9-17)27-22(18-12-14-26(15-18)16(2)3)21(25-23(27)28)20-7-5-6-13-24-20/h5-16,21-22H,4H2,1-3H3,(H,25,28)/t21-,22+/m1/s1. The molecule has 1 aliphatic rings. The fourth-order valence-electron chi connectivity index (χ4n) is 3.79. The molecule has 1 fully saturated rings. The van der Waals surface area contributed by atoms with Crippen LogP contribution in [0.2, 0.25) is 0 Å². The second-order valence-electron chi connectivity index (χ2n) is 7.50. The molecule has 1 aliphatic heterocycles. The number of benzene rings is 1. The van der Waals surface area contributed by atoms with Crippen molar-refractivity contribution in [3.8, 4) is 0 Å². The van der Waals surface area contributed by atoms with Crippen LogP contribution in [0.1, 0.15) is 55.7 Å². The van der Waals surface area contributed by atoms with E-state index < -0.39 is 0 Å². The van der Waals surface area contributed by atoms with Gasteiger partial charge in [-0.1, -0.05) is 25.1 Å². The third-order valence-corrected chi connectivity index (χ3v) is 5.71. The van der Waals surface area contributed by atoms with E-state index in [1.807, 2.05) is 18.3 Å². The van der Waals surface area contributed by atoms with Gasteiger partial charge in [0, 0.05) is 30.3 Å². The third kappa shape index (κ3) is 3.42. The van der Waals surface area contributed by atoms with Crippen LogP contribution < -0.4 is 10.2 Å². The summed E-state index contributed by atoms with van der Waals surface area (Å²) in [6.07, 6.45) is 7.25. The first-order valence-electron chi connectivity index (χ1n) is 9.85. The number of aromatic nitrogens is 2. The number of hydrogen-bond acceptors (Lipinski definition) is 2. The van der Waals surface area contributed by atoms with Crippen molar-refractivity contribution in [3.05, 3.63) is 83.9 Å². The summed E-state index contributed by atoms with van der Waals surface area (Å²) >= 11 is 5.78. The molecule has 5 heteroatoms. The molecule has 1 saturated heterocycles. The highest BCUT2D eigenvalue weighted by Gasteiger charge is 2.41. The lowest BCUT2D eigenvalue weighted by molar-refractivity contribution is 0.560. The summed E-state index contributed by atoms with van der Waals surface area (Å²) in [5.74, 6) is 0. The average molecular weight is 391 g/mol. The van der Waals surface area contributed by atoms with Gasteiger partial charge >= 0.3 is 0 Å². The Labute approximate surface area is 172 Å². The first-order chi connectivity index (χ1) is 13.6. The Kier molecular flexibility index (Phi) is 5.18. The summed E-state index contributed by atoms with van der Waals surface area (Å²) in [6.45, 7) is 6.56. The van der Waals surface area contributed by atoms with Gasteiger partial charge in [0.15, 0.2) is 5.11 Å². The lowest BCUT2D eigenvalue weighted by Crippen LogP contribution is -2.29. The van der Waals surface area contributed by atoms with Gasteiger partial charge in [0.05, 0.1) is 17.8 Å². The Hall–Kier alpha value is -2.66. The lowest BCUT2D eigenvalue weighted by Gasteiger charge is -2.27. The van der Waals surface area contributed by atoms with Crippen molar-refractivity contribution in [1.82, 2.24) is 14.9 Å². The lowest BCUT2D eigenvalue weighted by atomic mass is 9.98. The zero-order chi connectivity index (χ0) is 19.7. The van der Waals surface area contributed by atoms with Crippen molar-refractivity contribution < 1.29 is 0 Å². The minimum Gasteiger partial charge on any atom is -0.351 e. The maximum atomic E-state index is 5.78. The van der Waals surface area contributed by atoms with Gasteiger partial charge in [0.2, 0.25) is 0 Å². The van der Waals surface area contributed by atoms with E-state index in [0.717, 1.165) is 22.9 Å². The molecule has 0 spiro atoms. The summed E-state index contributed by atoms with van der Waals surface area (Å²) in [7, 11) is 0. The van der Waals surface area contributed by atoms with E-state index >= 15 is 0 Å². The summed E-state index contributed by atoms with van der Waals surface area (Å²) in [5.41, 5.74) is 4.66. The van der Waals surface area contributed by atoms with E-state index in [-0.39, 0.29) is 12.1 Å². The normalized spacial score (nSPS) is 19.3. The highest BCUT2D eigenvalue weighted by atomic mass is 32.1. The molecular weight excluding hydrogens is 364 g/mol. The van der Waals surface area contributed by atoms with Crippen molar-refractivity contribution in [1.29, 1.82) is 0 Å². The molecule has 0 aliphatic carbocycles. The number of anilines is 1. The average Bonchev–Trinajstić information content (AvgIpc) is 3.33. The van der Waals surface area contributed by atoms with Gasteiger partial charge < -0.3 is 14.8 Å². The van der Waals surface area contributed by atoms with Crippen LogP contribution >= 0.6 is 12.2 Å². The van der Waals surface area contributed by atoms with Crippen LogP contribution in [0.4, 0.5) is 5.69 Å². The van der Waals surface area contributed by atoms with Gasteiger partial charge in [0.1, 0.15) is 0 Å². The van der Waals surface area contributed by atoms with Gasteiger partial charge in [-0.05, 0) is 73.9 Å². The molecule has 0 saturated carbocycles. The molecule has 4 nitrogen and oxygen atoms in total. The van der Waals surface area contributed by atoms with Crippen LogP contribution in [0.25, 0.3) is 0 Å². The summed E-state index contributed by atoms with van der Waals surface area (Å²) < 4.78 is 2.24. The SMILES string of the molecule is CCc1ccc(N2C(=S)N[C@H](c3ccccn3)[C@@H]2c2ccn(C(C)C)c2)cc1. The second-order valence-corrected chi connectivity index (χ2v) is 7.89. The van der Waals surface area contributed by atoms with Crippen molar-refractivity contribution in [2.24, 2.45) is 0 Å². The Balaban J connectivity index is 1.79. The van der Waals surface area contributed by atoms with Gasteiger partial charge in [-0.3, -0.25) is 4.98 Å². The first-order valence-corrected chi connectivity index (χ1v) is 10.3. The fourth-order valence-corrected chi connectivity index (χ4v) is 4.14. The number of aryl methyl sites for hydroxylation is 1. The monoisotopic (exact) mass is 390 g/mol. The summed E-state index contributed by atoms with van der Waals surface area (Å²) in [4.78, 5) is 6.84. The molecule has 0 bridgehead atoms.